The number of aryl methyl sites for hydroxylation is 1. The summed E-state index contributed by atoms with van der Waals surface area (Å²) in [4.78, 5) is 9.29. The highest BCUT2D eigenvalue weighted by molar-refractivity contribution is 5.76. The zero-order valence-electron chi connectivity index (χ0n) is 15.9. The summed E-state index contributed by atoms with van der Waals surface area (Å²) < 4.78 is 15.4. The van der Waals surface area contributed by atoms with Gasteiger partial charge in [-0.2, -0.15) is 4.98 Å². The molecular formula is C22H19N5O2. The topological polar surface area (TPSA) is 70.9 Å². The molecular weight excluding hydrogens is 366 g/mol. The molecule has 29 heavy (non-hydrogen) atoms. The van der Waals surface area contributed by atoms with E-state index in [1.54, 1.807) is 0 Å². The molecule has 0 fully saturated rings. The molecule has 0 N–H and O–H groups in total. The number of para-hydroxylation sites is 3. The Bertz CT molecular complexity index is 1250. The van der Waals surface area contributed by atoms with Crippen molar-refractivity contribution in [1.82, 2.24) is 24.3 Å². The van der Waals surface area contributed by atoms with Crippen LogP contribution in [0.15, 0.2) is 77.6 Å². The van der Waals surface area contributed by atoms with Crippen molar-refractivity contribution in [3.63, 3.8) is 0 Å². The van der Waals surface area contributed by atoms with Gasteiger partial charge in [-0.15, -0.1) is 0 Å². The van der Waals surface area contributed by atoms with E-state index in [9.17, 15) is 0 Å². The van der Waals surface area contributed by atoms with Gasteiger partial charge in [0, 0.05) is 25.0 Å². The van der Waals surface area contributed by atoms with Crippen molar-refractivity contribution in [2.24, 2.45) is 7.05 Å². The lowest BCUT2D eigenvalue weighted by molar-refractivity contribution is 0.288. The van der Waals surface area contributed by atoms with Gasteiger partial charge < -0.3 is 18.4 Å². The second-order valence-corrected chi connectivity index (χ2v) is 6.78. The maximum absolute atomic E-state index is 5.92. The van der Waals surface area contributed by atoms with E-state index in [1.807, 2.05) is 84.7 Å². The fourth-order valence-corrected chi connectivity index (χ4v) is 3.28. The van der Waals surface area contributed by atoms with Crippen molar-refractivity contribution in [3.05, 3.63) is 84.8 Å². The van der Waals surface area contributed by atoms with E-state index in [0.717, 1.165) is 28.2 Å². The molecule has 5 rings (SSSR count). The van der Waals surface area contributed by atoms with E-state index in [-0.39, 0.29) is 0 Å². The first-order valence-electron chi connectivity index (χ1n) is 9.33. The SMILES string of the molecule is Cn1ccc(-c2noc(Cn3c(COc4ccccc4)nc4ccccc43)n2)c1. The molecule has 0 bridgehead atoms. The molecule has 0 spiro atoms. The van der Waals surface area contributed by atoms with Crippen LogP contribution in [0.3, 0.4) is 0 Å². The molecule has 144 valence electrons. The first-order valence-corrected chi connectivity index (χ1v) is 9.33. The molecule has 0 atom stereocenters. The van der Waals surface area contributed by atoms with Gasteiger partial charge in [0.1, 0.15) is 24.7 Å². The Kier molecular flexibility index (Phi) is 4.32. The van der Waals surface area contributed by atoms with Crippen LogP contribution in [0.4, 0.5) is 0 Å². The molecule has 2 aromatic carbocycles. The summed E-state index contributed by atoms with van der Waals surface area (Å²) in [6, 6.07) is 19.7. The van der Waals surface area contributed by atoms with Crippen LogP contribution in [0.5, 0.6) is 5.75 Å². The number of benzene rings is 2. The maximum atomic E-state index is 5.92. The second kappa shape index (κ2) is 7.27. The lowest BCUT2D eigenvalue weighted by Crippen LogP contribution is -2.08. The monoisotopic (exact) mass is 385 g/mol. The summed E-state index contributed by atoms with van der Waals surface area (Å²) in [6.45, 7) is 0.770. The van der Waals surface area contributed by atoms with Crippen molar-refractivity contribution < 1.29 is 9.26 Å². The van der Waals surface area contributed by atoms with Gasteiger partial charge in [0.05, 0.1) is 11.0 Å². The average Bonchev–Trinajstić information content (AvgIpc) is 3.47. The first kappa shape index (κ1) is 17.2. The molecule has 3 heterocycles. The summed E-state index contributed by atoms with van der Waals surface area (Å²) in [7, 11) is 1.96. The molecule has 0 unspecified atom stereocenters. The molecule has 0 aliphatic rings. The van der Waals surface area contributed by atoms with Crippen molar-refractivity contribution >= 4 is 11.0 Å². The van der Waals surface area contributed by atoms with Gasteiger partial charge in [0.15, 0.2) is 0 Å². The van der Waals surface area contributed by atoms with Gasteiger partial charge in [0.25, 0.3) is 0 Å². The standard InChI is InChI=1S/C22H19N5O2/c1-26-12-11-16(13-26)22-24-21(29-25-22)14-27-19-10-6-5-9-18(19)23-20(27)15-28-17-7-3-2-4-8-17/h2-13H,14-15H2,1H3. The van der Waals surface area contributed by atoms with Gasteiger partial charge in [-0.3, -0.25) is 0 Å². The van der Waals surface area contributed by atoms with Crippen LogP contribution in [0.2, 0.25) is 0 Å². The zero-order valence-corrected chi connectivity index (χ0v) is 15.9. The summed E-state index contributed by atoms with van der Waals surface area (Å²) in [5.41, 5.74) is 2.83. The fraction of sp³-hybridized carbons (Fsp3) is 0.136. The van der Waals surface area contributed by atoms with Crippen LogP contribution >= 0.6 is 0 Å². The van der Waals surface area contributed by atoms with E-state index >= 15 is 0 Å². The molecule has 7 nitrogen and oxygen atoms in total. The minimum Gasteiger partial charge on any atom is -0.486 e. The molecule has 0 aliphatic heterocycles. The van der Waals surface area contributed by atoms with E-state index in [1.165, 1.54) is 0 Å². The minimum atomic E-state index is 0.346. The van der Waals surface area contributed by atoms with E-state index in [0.29, 0.717) is 24.9 Å². The van der Waals surface area contributed by atoms with Crippen LogP contribution in [0.25, 0.3) is 22.4 Å². The summed E-state index contributed by atoms with van der Waals surface area (Å²) >= 11 is 0. The number of fused-ring (bicyclic) bond motifs is 1. The lowest BCUT2D eigenvalue weighted by atomic mass is 10.3. The number of nitrogens with zero attached hydrogens (tertiary/aromatic N) is 5. The quantitative estimate of drug-likeness (QED) is 0.441. The third-order valence-electron chi connectivity index (χ3n) is 4.70. The summed E-state index contributed by atoms with van der Waals surface area (Å²) in [5, 5.41) is 4.12. The molecule has 0 radical (unpaired) electrons. The lowest BCUT2D eigenvalue weighted by Gasteiger charge is -2.08. The molecule has 0 aliphatic carbocycles. The molecule has 7 heteroatoms. The number of rotatable bonds is 6. The van der Waals surface area contributed by atoms with Crippen molar-refractivity contribution in [2.45, 2.75) is 13.2 Å². The van der Waals surface area contributed by atoms with E-state index in [2.05, 4.69) is 14.7 Å². The predicted octanol–water partition coefficient (Wildman–Crippen LogP) is 4.05. The number of imidazole rings is 1. The average molecular weight is 385 g/mol. The maximum Gasteiger partial charge on any atom is 0.246 e. The third kappa shape index (κ3) is 3.50. The second-order valence-electron chi connectivity index (χ2n) is 6.78. The normalized spacial score (nSPS) is 11.2. The highest BCUT2D eigenvalue weighted by Crippen LogP contribution is 2.21. The number of aromatic nitrogens is 5. The molecule has 0 saturated heterocycles. The third-order valence-corrected chi connectivity index (χ3v) is 4.70. The van der Waals surface area contributed by atoms with E-state index in [4.69, 9.17) is 14.2 Å². The Morgan fingerprint density at radius 2 is 1.79 bits per heavy atom. The Morgan fingerprint density at radius 1 is 0.966 bits per heavy atom. The first-order chi connectivity index (χ1) is 14.3. The largest absolute Gasteiger partial charge is 0.486 e. The van der Waals surface area contributed by atoms with Gasteiger partial charge in [0.2, 0.25) is 11.7 Å². The van der Waals surface area contributed by atoms with Crippen LogP contribution in [-0.2, 0) is 20.2 Å². The van der Waals surface area contributed by atoms with Gasteiger partial charge >= 0.3 is 0 Å². The molecule has 3 aromatic heterocycles. The number of hydrogen-bond acceptors (Lipinski definition) is 5. The smallest absolute Gasteiger partial charge is 0.246 e. The highest BCUT2D eigenvalue weighted by atomic mass is 16.5. The predicted molar refractivity (Wildman–Crippen MR) is 108 cm³/mol. The van der Waals surface area contributed by atoms with Crippen LogP contribution in [-0.4, -0.2) is 24.3 Å². The van der Waals surface area contributed by atoms with Crippen LogP contribution < -0.4 is 4.74 Å². The van der Waals surface area contributed by atoms with Crippen LogP contribution in [0.1, 0.15) is 11.7 Å². The molecule has 0 saturated carbocycles. The molecule has 0 amide bonds. The van der Waals surface area contributed by atoms with Gasteiger partial charge in [-0.1, -0.05) is 35.5 Å². The molecule has 5 aromatic rings. The Morgan fingerprint density at radius 3 is 2.62 bits per heavy atom. The fourth-order valence-electron chi connectivity index (χ4n) is 3.28. The highest BCUT2D eigenvalue weighted by Gasteiger charge is 2.16. The van der Waals surface area contributed by atoms with Crippen molar-refractivity contribution in [2.75, 3.05) is 0 Å². The van der Waals surface area contributed by atoms with Gasteiger partial charge in [-0.05, 0) is 30.3 Å². The Hall–Kier alpha value is -3.87. The minimum absolute atomic E-state index is 0.346. The Balaban J connectivity index is 1.45. The number of hydrogen-bond donors (Lipinski definition) is 0. The number of ether oxygens (including phenoxy) is 1. The van der Waals surface area contributed by atoms with Crippen molar-refractivity contribution in [1.29, 1.82) is 0 Å². The zero-order chi connectivity index (χ0) is 19.6. The summed E-state index contributed by atoms with van der Waals surface area (Å²) in [6.07, 6.45) is 3.91. The Labute approximate surface area is 167 Å². The van der Waals surface area contributed by atoms with Crippen molar-refractivity contribution in [3.8, 4) is 17.1 Å². The van der Waals surface area contributed by atoms with Gasteiger partial charge in [-0.25, -0.2) is 4.98 Å². The van der Waals surface area contributed by atoms with E-state index < -0.39 is 0 Å². The summed E-state index contributed by atoms with van der Waals surface area (Å²) in [5.74, 6) is 2.70. The van der Waals surface area contributed by atoms with Crippen LogP contribution in [0, 0.1) is 0 Å².